The predicted octanol–water partition coefficient (Wildman–Crippen LogP) is 6.29. The van der Waals surface area contributed by atoms with Crippen molar-refractivity contribution < 1.29 is 14.2 Å². The number of fused-ring (bicyclic) bond motifs is 3. The van der Waals surface area contributed by atoms with Gasteiger partial charge in [0.05, 0.1) is 19.9 Å². The molecule has 37 heavy (non-hydrogen) atoms. The number of benzene rings is 3. The summed E-state index contributed by atoms with van der Waals surface area (Å²) in [5, 5.41) is 8.20. The van der Waals surface area contributed by atoms with Gasteiger partial charge in [-0.2, -0.15) is 10.1 Å². The maximum Gasteiger partial charge on any atom is 0.226 e. The molecule has 7 nitrogen and oxygen atoms in total. The van der Waals surface area contributed by atoms with Crippen molar-refractivity contribution in [2.24, 2.45) is 0 Å². The van der Waals surface area contributed by atoms with Gasteiger partial charge in [0.15, 0.2) is 11.5 Å². The standard InChI is InChI=1S/C30H30N4O3/c1-17(2)19-7-9-20(10-8-19)29-26-27(22-14-18(3)6-12-23(22)37-29)33-30-31-16-32-34(30)28(26)21-11-13-24(35-4)25(15-21)36-5/h6-17,28-29H,1-5H3,(H,31,32,33)/t28-,29-/m1/s1. The van der Waals surface area contributed by atoms with Crippen LogP contribution in [0.5, 0.6) is 17.2 Å². The molecule has 0 spiro atoms. The third-order valence-electron chi connectivity index (χ3n) is 7.20. The van der Waals surface area contributed by atoms with Crippen molar-refractivity contribution >= 4 is 11.6 Å². The second-order valence-electron chi connectivity index (χ2n) is 9.82. The van der Waals surface area contributed by atoms with E-state index in [0.29, 0.717) is 23.4 Å². The smallest absolute Gasteiger partial charge is 0.226 e. The van der Waals surface area contributed by atoms with E-state index in [1.54, 1.807) is 20.5 Å². The van der Waals surface area contributed by atoms with Gasteiger partial charge in [-0.3, -0.25) is 0 Å². The maximum atomic E-state index is 6.77. The van der Waals surface area contributed by atoms with E-state index >= 15 is 0 Å². The molecule has 0 saturated heterocycles. The Morgan fingerprint density at radius 1 is 0.919 bits per heavy atom. The first kappa shape index (κ1) is 23.2. The fraction of sp³-hybridized carbons (Fsp3) is 0.267. The zero-order valence-electron chi connectivity index (χ0n) is 21.6. The van der Waals surface area contributed by atoms with Crippen LogP contribution in [0.25, 0.3) is 5.70 Å². The van der Waals surface area contributed by atoms with Gasteiger partial charge in [-0.15, -0.1) is 0 Å². The Kier molecular flexibility index (Phi) is 5.63. The number of hydrogen-bond acceptors (Lipinski definition) is 6. The van der Waals surface area contributed by atoms with Gasteiger partial charge in [0.1, 0.15) is 24.2 Å². The van der Waals surface area contributed by atoms with Crippen molar-refractivity contribution in [2.45, 2.75) is 38.8 Å². The summed E-state index contributed by atoms with van der Waals surface area (Å²) in [4.78, 5) is 4.53. The minimum atomic E-state index is -0.325. The van der Waals surface area contributed by atoms with E-state index in [-0.39, 0.29) is 12.1 Å². The molecule has 2 atom stereocenters. The Balaban J connectivity index is 1.59. The number of nitrogens with zero attached hydrogens (tertiary/aromatic N) is 3. The van der Waals surface area contributed by atoms with Crippen molar-refractivity contribution in [2.75, 3.05) is 19.5 Å². The third-order valence-corrected chi connectivity index (χ3v) is 7.20. The first-order chi connectivity index (χ1) is 18.0. The quantitative estimate of drug-likeness (QED) is 0.352. The molecule has 0 fully saturated rings. The van der Waals surface area contributed by atoms with Crippen LogP contribution in [0.15, 0.2) is 72.6 Å². The number of rotatable bonds is 5. The number of aromatic nitrogens is 3. The predicted molar refractivity (Wildman–Crippen MR) is 143 cm³/mol. The number of methoxy groups -OCH3 is 2. The molecule has 0 radical (unpaired) electrons. The molecule has 2 aliphatic heterocycles. The molecule has 1 N–H and O–H groups in total. The molecule has 0 amide bonds. The van der Waals surface area contributed by atoms with E-state index in [2.05, 4.69) is 84.7 Å². The summed E-state index contributed by atoms with van der Waals surface area (Å²) in [6.07, 6.45) is 1.26. The number of nitrogens with one attached hydrogen (secondary N) is 1. The molecule has 0 unspecified atom stereocenters. The van der Waals surface area contributed by atoms with Crippen LogP contribution in [0.2, 0.25) is 0 Å². The van der Waals surface area contributed by atoms with Gasteiger partial charge in [0.2, 0.25) is 5.95 Å². The van der Waals surface area contributed by atoms with Crippen LogP contribution < -0.4 is 19.5 Å². The summed E-state index contributed by atoms with van der Waals surface area (Å²) in [5.41, 5.74) is 7.63. The minimum Gasteiger partial charge on any atom is -0.493 e. The van der Waals surface area contributed by atoms with Crippen LogP contribution in [0.4, 0.5) is 5.95 Å². The highest BCUT2D eigenvalue weighted by Gasteiger charge is 2.41. The van der Waals surface area contributed by atoms with Gasteiger partial charge in [0, 0.05) is 11.1 Å². The molecule has 6 rings (SSSR count). The topological polar surface area (TPSA) is 70.4 Å². The van der Waals surface area contributed by atoms with Gasteiger partial charge in [-0.05, 0) is 53.8 Å². The zero-order valence-corrected chi connectivity index (χ0v) is 21.6. The van der Waals surface area contributed by atoms with Crippen molar-refractivity contribution in [3.8, 4) is 17.2 Å². The van der Waals surface area contributed by atoms with Crippen LogP contribution in [-0.2, 0) is 0 Å². The SMILES string of the molecule is COc1ccc([C@@H]2C3=C(Nc4ncnn42)c2cc(C)ccc2O[C@@H]3c2ccc(C(C)C)cc2)cc1OC. The molecule has 4 aromatic rings. The lowest BCUT2D eigenvalue weighted by Gasteiger charge is -2.39. The van der Waals surface area contributed by atoms with E-state index in [0.717, 1.165) is 39.3 Å². The monoisotopic (exact) mass is 494 g/mol. The molecular formula is C30H30N4O3. The third kappa shape index (κ3) is 3.82. The molecule has 0 saturated carbocycles. The number of anilines is 1. The van der Waals surface area contributed by atoms with Crippen molar-refractivity contribution in [1.82, 2.24) is 14.8 Å². The van der Waals surface area contributed by atoms with E-state index in [9.17, 15) is 0 Å². The van der Waals surface area contributed by atoms with Crippen molar-refractivity contribution in [1.29, 1.82) is 0 Å². The number of aryl methyl sites for hydroxylation is 1. The van der Waals surface area contributed by atoms with Gasteiger partial charge in [0.25, 0.3) is 0 Å². The van der Waals surface area contributed by atoms with E-state index in [1.165, 1.54) is 5.56 Å². The van der Waals surface area contributed by atoms with Crippen molar-refractivity contribution in [3.63, 3.8) is 0 Å². The van der Waals surface area contributed by atoms with Gasteiger partial charge >= 0.3 is 0 Å². The lowest BCUT2D eigenvalue weighted by molar-refractivity contribution is 0.223. The number of hydrogen-bond donors (Lipinski definition) is 1. The Morgan fingerprint density at radius 2 is 1.68 bits per heavy atom. The Bertz CT molecular complexity index is 1500. The Labute approximate surface area is 216 Å². The fourth-order valence-electron chi connectivity index (χ4n) is 5.26. The fourth-order valence-corrected chi connectivity index (χ4v) is 5.26. The summed E-state index contributed by atoms with van der Waals surface area (Å²) in [6, 6.07) is 20.8. The highest BCUT2D eigenvalue weighted by molar-refractivity contribution is 5.85. The van der Waals surface area contributed by atoms with Gasteiger partial charge in [-0.25, -0.2) is 4.68 Å². The number of ether oxygens (including phenoxy) is 3. The molecule has 0 bridgehead atoms. The Morgan fingerprint density at radius 3 is 2.41 bits per heavy atom. The second kappa shape index (κ2) is 9.00. The summed E-state index contributed by atoms with van der Waals surface area (Å²) < 4.78 is 19.9. The Hall–Kier alpha value is -4.26. The summed E-state index contributed by atoms with van der Waals surface area (Å²) in [6.45, 7) is 6.50. The molecule has 1 aromatic heterocycles. The largest absolute Gasteiger partial charge is 0.493 e. The van der Waals surface area contributed by atoms with Crippen LogP contribution in [-0.4, -0.2) is 29.0 Å². The summed E-state index contributed by atoms with van der Waals surface area (Å²) >= 11 is 0. The van der Waals surface area contributed by atoms with Gasteiger partial charge < -0.3 is 19.5 Å². The minimum absolute atomic E-state index is 0.267. The average Bonchev–Trinajstić information content (AvgIpc) is 3.39. The molecule has 0 aliphatic carbocycles. The highest BCUT2D eigenvalue weighted by Crippen LogP contribution is 2.51. The second-order valence-corrected chi connectivity index (χ2v) is 9.82. The van der Waals surface area contributed by atoms with Crippen LogP contribution in [0, 0.1) is 6.92 Å². The van der Waals surface area contributed by atoms with Crippen LogP contribution >= 0.6 is 0 Å². The average molecular weight is 495 g/mol. The highest BCUT2D eigenvalue weighted by atomic mass is 16.5. The van der Waals surface area contributed by atoms with Crippen LogP contribution in [0.3, 0.4) is 0 Å². The molecule has 7 heteroatoms. The summed E-state index contributed by atoms with van der Waals surface area (Å²) in [5.74, 6) is 3.31. The first-order valence-electron chi connectivity index (χ1n) is 12.5. The normalized spacial score (nSPS) is 17.9. The van der Waals surface area contributed by atoms with Crippen LogP contribution in [0.1, 0.15) is 59.7 Å². The maximum absolute atomic E-state index is 6.77. The first-order valence-corrected chi connectivity index (χ1v) is 12.5. The van der Waals surface area contributed by atoms with E-state index in [1.807, 2.05) is 16.8 Å². The molecule has 188 valence electrons. The van der Waals surface area contributed by atoms with Gasteiger partial charge in [-0.1, -0.05) is 55.8 Å². The lowest BCUT2D eigenvalue weighted by Crippen LogP contribution is -2.32. The summed E-state index contributed by atoms with van der Waals surface area (Å²) in [7, 11) is 3.29. The molecular weight excluding hydrogens is 464 g/mol. The molecule has 2 aliphatic rings. The molecule has 3 heterocycles. The lowest BCUT2D eigenvalue weighted by atomic mass is 9.84. The van der Waals surface area contributed by atoms with E-state index in [4.69, 9.17) is 14.2 Å². The zero-order chi connectivity index (χ0) is 25.7. The molecule has 3 aromatic carbocycles. The van der Waals surface area contributed by atoms with Crippen molar-refractivity contribution in [3.05, 3.63) is 100 Å². The van der Waals surface area contributed by atoms with E-state index < -0.39 is 0 Å².